The Hall–Kier alpha value is -2.01. The lowest BCUT2D eigenvalue weighted by Gasteiger charge is -2.27. The zero-order valence-corrected chi connectivity index (χ0v) is 12.0. The summed E-state index contributed by atoms with van der Waals surface area (Å²) in [5.74, 6) is 0.123. The first-order valence-corrected chi connectivity index (χ1v) is 6.61. The summed E-state index contributed by atoms with van der Waals surface area (Å²) in [6.07, 6.45) is -1.80. The molecule has 0 bridgehead atoms. The number of hydrogen-bond donors (Lipinski definition) is 4. The van der Waals surface area contributed by atoms with Crippen molar-refractivity contribution in [2.45, 2.75) is 31.0 Å². The number of aliphatic hydroxyl groups is 3. The van der Waals surface area contributed by atoms with Gasteiger partial charge in [-0.3, -0.25) is 4.57 Å². The van der Waals surface area contributed by atoms with E-state index in [9.17, 15) is 15.3 Å². The first-order valence-electron chi connectivity index (χ1n) is 6.61. The van der Waals surface area contributed by atoms with Gasteiger partial charge in [0.2, 0.25) is 0 Å². The Kier molecular flexibility index (Phi) is 3.40. The van der Waals surface area contributed by atoms with Gasteiger partial charge in [-0.15, -0.1) is 0 Å². The summed E-state index contributed by atoms with van der Waals surface area (Å²) in [5.41, 5.74) is 4.76. The van der Waals surface area contributed by atoms with Crippen LogP contribution >= 0.6 is 0 Å². The van der Waals surface area contributed by atoms with E-state index in [1.54, 1.807) is 0 Å². The predicted molar refractivity (Wildman–Crippen MR) is 73.9 cm³/mol. The number of rotatable bonds is 3. The van der Waals surface area contributed by atoms with E-state index < -0.39 is 30.6 Å². The molecule has 0 unspecified atom stereocenters. The van der Waals surface area contributed by atoms with Crippen molar-refractivity contribution in [3.63, 3.8) is 0 Å². The molecule has 0 spiro atoms. The van der Waals surface area contributed by atoms with Gasteiger partial charge >= 0.3 is 6.01 Å². The Labute approximate surface area is 125 Å². The third-order valence-electron chi connectivity index (χ3n) is 3.80. The molecule has 10 nitrogen and oxygen atoms in total. The number of imidazole rings is 1. The van der Waals surface area contributed by atoms with E-state index in [-0.39, 0.29) is 11.8 Å². The van der Waals surface area contributed by atoms with Gasteiger partial charge in [-0.2, -0.15) is 9.97 Å². The Morgan fingerprint density at radius 1 is 1.50 bits per heavy atom. The van der Waals surface area contributed by atoms with Crippen LogP contribution in [0.1, 0.15) is 13.2 Å². The van der Waals surface area contributed by atoms with E-state index in [0.717, 1.165) is 0 Å². The molecular weight excluding hydrogens is 294 g/mol. The van der Waals surface area contributed by atoms with Crippen molar-refractivity contribution in [2.75, 3.05) is 19.5 Å². The van der Waals surface area contributed by atoms with Gasteiger partial charge in [0.05, 0.1) is 20.0 Å². The van der Waals surface area contributed by atoms with Crippen LogP contribution < -0.4 is 10.5 Å². The average molecular weight is 311 g/mol. The number of hydrogen-bond acceptors (Lipinski definition) is 9. The summed E-state index contributed by atoms with van der Waals surface area (Å²) in [5, 5.41) is 29.8. The summed E-state index contributed by atoms with van der Waals surface area (Å²) in [7, 11) is 1.40. The van der Waals surface area contributed by atoms with E-state index in [4.69, 9.17) is 15.2 Å². The van der Waals surface area contributed by atoms with Crippen LogP contribution in [-0.2, 0) is 4.74 Å². The number of methoxy groups -OCH3 is 1. The fraction of sp³-hybridized carbons (Fsp3) is 0.583. The smallest absolute Gasteiger partial charge is 0.320 e. The minimum atomic E-state index is -1.64. The van der Waals surface area contributed by atoms with Crippen molar-refractivity contribution in [3.8, 4) is 6.01 Å². The second-order valence-corrected chi connectivity index (χ2v) is 5.30. The average Bonchev–Trinajstić information content (AvgIpc) is 3.00. The molecular formula is C12H17N5O5. The largest absolute Gasteiger partial charge is 0.467 e. The second kappa shape index (κ2) is 5.02. The van der Waals surface area contributed by atoms with Crippen molar-refractivity contribution in [3.05, 3.63) is 6.33 Å². The molecule has 3 rings (SSSR count). The Balaban J connectivity index is 2.12. The molecule has 3 heterocycles. The maximum Gasteiger partial charge on any atom is 0.320 e. The summed E-state index contributed by atoms with van der Waals surface area (Å²) >= 11 is 0. The van der Waals surface area contributed by atoms with Gasteiger partial charge in [0.1, 0.15) is 17.8 Å². The molecule has 1 saturated heterocycles. The number of ether oxygens (including phenoxy) is 2. The lowest BCUT2D eigenvalue weighted by Crippen LogP contribution is -2.44. The van der Waals surface area contributed by atoms with E-state index >= 15 is 0 Å². The van der Waals surface area contributed by atoms with Gasteiger partial charge in [-0.25, -0.2) is 4.98 Å². The molecule has 2 aromatic rings. The van der Waals surface area contributed by atoms with Crippen molar-refractivity contribution in [1.82, 2.24) is 19.5 Å². The number of nitrogen functional groups attached to an aromatic ring is 1. The number of aliphatic hydroxyl groups excluding tert-OH is 2. The number of nitrogens with zero attached hydrogens (tertiary/aromatic N) is 4. The molecule has 0 amide bonds. The third kappa shape index (κ3) is 2.00. The van der Waals surface area contributed by atoms with Crippen molar-refractivity contribution in [2.24, 2.45) is 0 Å². The van der Waals surface area contributed by atoms with Crippen molar-refractivity contribution < 1.29 is 24.8 Å². The van der Waals surface area contributed by atoms with Crippen LogP contribution in [0.25, 0.3) is 11.2 Å². The minimum Gasteiger partial charge on any atom is -0.467 e. The van der Waals surface area contributed by atoms with Crippen molar-refractivity contribution >= 4 is 17.0 Å². The van der Waals surface area contributed by atoms with Crippen LogP contribution in [0, 0.1) is 0 Å². The summed E-state index contributed by atoms with van der Waals surface area (Å²) in [6.45, 7) is 0.979. The Bertz CT molecular complexity index is 703. The zero-order valence-electron chi connectivity index (χ0n) is 12.0. The molecule has 0 aromatic carbocycles. The number of anilines is 1. The summed E-state index contributed by atoms with van der Waals surface area (Å²) in [4.78, 5) is 12.2. The molecule has 1 aliphatic rings. The molecule has 0 radical (unpaired) electrons. The minimum absolute atomic E-state index is 0.0450. The van der Waals surface area contributed by atoms with Gasteiger partial charge in [-0.05, 0) is 6.92 Å². The Morgan fingerprint density at radius 3 is 2.82 bits per heavy atom. The highest BCUT2D eigenvalue weighted by Crippen LogP contribution is 2.39. The van der Waals surface area contributed by atoms with Gasteiger partial charge in [0.25, 0.3) is 0 Å². The first-order chi connectivity index (χ1) is 10.4. The monoisotopic (exact) mass is 311 g/mol. The molecule has 0 saturated carbocycles. The van der Waals surface area contributed by atoms with Crippen LogP contribution in [0.15, 0.2) is 6.33 Å². The van der Waals surface area contributed by atoms with Gasteiger partial charge in [0, 0.05) is 0 Å². The number of nitrogens with two attached hydrogens (primary N) is 1. The maximum atomic E-state index is 10.5. The SMILES string of the molecule is COc1nc(N)c2ncn([C@@H]3O[C@H](CO)[C@@H](O)[C@@]3(C)O)c2n1. The second-order valence-electron chi connectivity index (χ2n) is 5.30. The van der Waals surface area contributed by atoms with Gasteiger partial charge < -0.3 is 30.5 Å². The fourth-order valence-electron chi connectivity index (χ4n) is 2.57. The normalized spacial score (nSPS) is 31.8. The molecule has 22 heavy (non-hydrogen) atoms. The molecule has 4 atom stereocenters. The number of aromatic nitrogens is 4. The van der Waals surface area contributed by atoms with Crippen LogP contribution in [0.4, 0.5) is 5.82 Å². The lowest BCUT2D eigenvalue weighted by atomic mass is 9.96. The molecule has 2 aromatic heterocycles. The fourth-order valence-corrected chi connectivity index (χ4v) is 2.57. The highest BCUT2D eigenvalue weighted by Gasteiger charge is 2.53. The number of fused-ring (bicyclic) bond motifs is 1. The highest BCUT2D eigenvalue weighted by molar-refractivity contribution is 5.82. The summed E-state index contributed by atoms with van der Waals surface area (Å²) < 4.78 is 11.9. The molecule has 1 fully saturated rings. The van der Waals surface area contributed by atoms with Crippen LogP contribution in [0.3, 0.4) is 0 Å². The Morgan fingerprint density at radius 2 is 2.23 bits per heavy atom. The van der Waals surface area contributed by atoms with E-state index in [1.165, 1.54) is 24.9 Å². The topological polar surface area (TPSA) is 149 Å². The molecule has 5 N–H and O–H groups in total. The van der Waals surface area contributed by atoms with E-state index in [2.05, 4.69) is 15.0 Å². The molecule has 10 heteroatoms. The third-order valence-corrected chi connectivity index (χ3v) is 3.80. The molecule has 120 valence electrons. The van der Waals surface area contributed by atoms with E-state index in [1.807, 2.05) is 0 Å². The van der Waals surface area contributed by atoms with Gasteiger partial charge in [-0.1, -0.05) is 0 Å². The van der Waals surface area contributed by atoms with Gasteiger partial charge in [0.15, 0.2) is 23.2 Å². The summed E-state index contributed by atoms with van der Waals surface area (Å²) in [6, 6.07) is 0.0450. The van der Waals surface area contributed by atoms with Crippen molar-refractivity contribution in [1.29, 1.82) is 0 Å². The highest BCUT2D eigenvalue weighted by atomic mass is 16.6. The first kappa shape index (κ1) is 14.9. The zero-order chi connectivity index (χ0) is 16.1. The van der Waals surface area contributed by atoms with Crippen LogP contribution in [-0.4, -0.2) is 66.4 Å². The van der Waals surface area contributed by atoms with E-state index in [0.29, 0.717) is 11.2 Å². The maximum absolute atomic E-state index is 10.5. The molecule has 1 aliphatic heterocycles. The lowest BCUT2D eigenvalue weighted by molar-refractivity contribution is -0.0950. The predicted octanol–water partition coefficient (Wildman–Crippen LogP) is -1.58. The standard InChI is InChI=1S/C12H17N5O5/c1-12(20)7(19)5(3-18)22-10(12)17-4-14-6-8(13)15-11(21-2)16-9(6)17/h4-5,7,10,18-20H,3H2,1-2H3,(H2,13,15,16)/t5-,7-,10-,12-/m1/s1. The van der Waals surface area contributed by atoms with Crippen LogP contribution in [0.5, 0.6) is 6.01 Å². The quantitative estimate of drug-likeness (QED) is 0.526. The molecule has 0 aliphatic carbocycles. The van der Waals surface area contributed by atoms with Crippen LogP contribution in [0.2, 0.25) is 0 Å².